The van der Waals surface area contributed by atoms with Crippen molar-refractivity contribution in [3.63, 3.8) is 0 Å². The highest BCUT2D eigenvalue weighted by molar-refractivity contribution is 7.80. The van der Waals surface area contributed by atoms with Gasteiger partial charge in [-0.3, -0.25) is 4.90 Å². The summed E-state index contributed by atoms with van der Waals surface area (Å²) < 4.78 is 5.38. The summed E-state index contributed by atoms with van der Waals surface area (Å²) in [5.41, 5.74) is 5.53. The van der Waals surface area contributed by atoms with E-state index in [1.165, 1.54) is 19.5 Å². The zero-order valence-corrected chi connectivity index (χ0v) is 10.5. The van der Waals surface area contributed by atoms with Crippen LogP contribution in [0.15, 0.2) is 0 Å². The van der Waals surface area contributed by atoms with E-state index < -0.39 is 0 Å². The van der Waals surface area contributed by atoms with E-state index in [9.17, 15) is 0 Å². The van der Waals surface area contributed by atoms with Crippen molar-refractivity contribution in [1.82, 2.24) is 9.80 Å². The van der Waals surface area contributed by atoms with Crippen LogP contribution in [0.3, 0.4) is 0 Å². The lowest BCUT2D eigenvalue weighted by Gasteiger charge is -2.32. The molecule has 0 bridgehead atoms. The van der Waals surface area contributed by atoms with Gasteiger partial charge in [0.1, 0.15) is 0 Å². The van der Waals surface area contributed by atoms with Gasteiger partial charge in [-0.1, -0.05) is 12.2 Å². The van der Waals surface area contributed by atoms with Gasteiger partial charge in [0.15, 0.2) is 0 Å². The van der Waals surface area contributed by atoms with Gasteiger partial charge in [0.05, 0.1) is 18.2 Å². The van der Waals surface area contributed by atoms with E-state index in [0.717, 1.165) is 45.3 Å². The summed E-state index contributed by atoms with van der Waals surface area (Å²) in [6, 6.07) is 0.718. The Morgan fingerprint density at radius 2 is 2.06 bits per heavy atom. The van der Waals surface area contributed by atoms with E-state index in [1.54, 1.807) is 0 Å². The molecule has 2 heterocycles. The highest BCUT2D eigenvalue weighted by Crippen LogP contribution is 2.16. The molecule has 4 nitrogen and oxygen atoms in total. The lowest BCUT2D eigenvalue weighted by molar-refractivity contribution is 0.0186. The molecule has 5 heteroatoms. The Kier molecular flexibility index (Phi) is 4.52. The predicted molar refractivity (Wildman–Crippen MR) is 68.6 cm³/mol. The normalized spacial score (nSPS) is 28.4. The number of ether oxygens (including phenoxy) is 1. The zero-order chi connectivity index (χ0) is 11.4. The second kappa shape index (κ2) is 5.91. The van der Waals surface area contributed by atoms with Gasteiger partial charge in [0, 0.05) is 38.6 Å². The molecule has 2 aliphatic rings. The van der Waals surface area contributed by atoms with Crippen LogP contribution in [-0.4, -0.2) is 66.8 Å². The van der Waals surface area contributed by atoms with E-state index in [1.807, 2.05) is 0 Å². The van der Waals surface area contributed by atoms with E-state index in [-0.39, 0.29) is 0 Å². The molecule has 0 aromatic carbocycles. The SMILES string of the molecule is NC(=S)CCN1CCC(N2CCOCC2)C1. The largest absolute Gasteiger partial charge is 0.393 e. The summed E-state index contributed by atoms with van der Waals surface area (Å²) in [7, 11) is 0. The summed E-state index contributed by atoms with van der Waals surface area (Å²) >= 11 is 4.91. The standard InChI is InChI=1S/C11H21N3OS/c12-11(16)2-4-13-3-1-10(9-13)14-5-7-15-8-6-14/h10H,1-9H2,(H2,12,16). The fourth-order valence-corrected chi connectivity index (χ4v) is 2.62. The highest BCUT2D eigenvalue weighted by Gasteiger charge is 2.28. The number of rotatable bonds is 4. The predicted octanol–water partition coefficient (Wildman–Crippen LogP) is 0.0691. The fourth-order valence-electron chi connectivity index (χ4n) is 2.52. The third-order valence-corrected chi connectivity index (χ3v) is 3.69. The number of hydrogen-bond acceptors (Lipinski definition) is 4. The minimum Gasteiger partial charge on any atom is -0.393 e. The highest BCUT2D eigenvalue weighted by atomic mass is 32.1. The fraction of sp³-hybridized carbons (Fsp3) is 0.909. The van der Waals surface area contributed by atoms with E-state index in [2.05, 4.69) is 9.80 Å². The average Bonchev–Trinajstić information content (AvgIpc) is 2.76. The Morgan fingerprint density at radius 1 is 1.31 bits per heavy atom. The van der Waals surface area contributed by atoms with Crippen LogP contribution >= 0.6 is 12.2 Å². The molecule has 1 unspecified atom stereocenters. The van der Waals surface area contributed by atoms with Crippen molar-refractivity contribution in [3.05, 3.63) is 0 Å². The van der Waals surface area contributed by atoms with Crippen molar-refractivity contribution in [2.75, 3.05) is 45.9 Å². The van der Waals surface area contributed by atoms with Gasteiger partial charge in [0.2, 0.25) is 0 Å². The van der Waals surface area contributed by atoms with Crippen LogP contribution in [0, 0.1) is 0 Å². The van der Waals surface area contributed by atoms with Gasteiger partial charge >= 0.3 is 0 Å². The maximum absolute atomic E-state index is 5.53. The molecule has 2 fully saturated rings. The zero-order valence-electron chi connectivity index (χ0n) is 9.73. The summed E-state index contributed by atoms with van der Waals surface area (Å²) in [5.74, 6) is 0. The van der Waals surface area contributed by atoms with Crippen molar-refractivity contribution in [2.45, 2.75) is 18.9 Å². The second-order valence-electron chi connectivity index (χ2n) is 4.61. The Bertz CT molecular complexity index is 243. The molecule has 92 valence electrons. The molecule has 0 saturated carbocycles. The minimum absolute atomic E-state index is 0.634. The molecule has 2 aliphatic heterocycles. The van der Waals surface area contributed by atoms with Gasteiger partial charge in [-0.2, -0.15) is 0 Å². The number of nitrogens with zero attached hydrogens (tertiary/aromatic N) is 2. The Labute approximate surface area is 103 Å². The molecule has 0 aliphatic carbocycles. The first-order valence-corrected chi connectivity index (χ1v) is 6.49. The van der Waals surface area contributed by atoms with Crippen molar-refractivity contribution in [1.29, 1.82) is 0 Å². The van der Waals surface area contributed by atoms with Gasteiger partial charge in [-0.05, 0) is 13.0 Å². The van der Waals surface area contributed by atoms with Gasteiger partial charge < -0.3 is 15.4 Å². The van der Waals surface area contributed by atoms with E-state index in [0.29, 0.717) is 4.99 Å². The smallest absolute Gasteiger partial charge is 0.0740 e. The number of thiocarbonyl (C=S) groups is 1. The molecule has 1 atom stereocenters. The van der Waals surface area contributed by atoms with Crippen LogP contribution in [0.4, 0.5) is 0 Å². The molecule has 16 heavy (non-hydrogen) atoms. The third kappa shape index (κ3) is 3.38. The number of likely N-dealkylation sites (tertiary alicyclic amines) is 1. The first kappa shape index (κ1) is 12.2. The second-order valence-corrected chi connectivity index (χ2v) is 5.13. The first-order valence-electron chi connectivity index (χ1n) is 6.08. The first-order chi connectivity index (χ1) is 7.75. The molecule has 0 radical (unpaired) electrons. The van der Waals surface area contributed by atoms with Crippen LogP contribution in [-0.2, 0) is 4.74 Å². The molecule has 2 rings (SSSR count). The quantitative estimate of drug-likeness (QED) is 0.708. The minimum atomic E-state index is 0.634. The van der Waals surface area contributed by atoms with Crippen molar-refractivity contribution >= 4 is 17.2 Å². The van der Waals surface area contributed by atoms with Crippen molar-refractivity contribution in [2.24, 2.45) is 5.73 Å². The van der Waals surface area contributed by atoms with Gasteiger partial charge in [-0.25, -0.2) is 0 Å². The molecule has 0 spiro atoms. The monoisotopic (exact) mass is 243 g/mol. The summed E-state index contributed by atoms with van der Waals surface area (Å²) in [4.78, 5) is 5.67. The lowest BCUT2D eigenvalue weighted by Crippen LogP contribution is -2.44. The topological polar surface area (TPSA) is 41.7 Å². The maximum Gasteiger partial charge on any atom is 0.0740 e. The van der Waals surface area contributed by atoms with Gasteiger partial charge in [-0.15, -0.1) is 0 Å². The Morgan fingerprint density at radius 3 is 2.75 bits per heavy atom. The molecular weight excluding hydrogens is 222 g/mol. The lowest BCUT2D eigenvalue weighted by atomic mass is 10.2. The van der Waals surface area contributed by atoms with E-state index in [4.69, 9.17) is 22.7 Å². The molecule has 2 saturated heterocycles. The number of nitrogens with two attached hydrogens (primary N) is 1. The van der Waals surface area contributed by atoms with Crippen LogP contribution in [0.1, 0.15) is 12.8 Å². The van der Waals surface area contributed by atoms with Crippen LogP contribution in [0.25, 0.3) is 0 Å². The average molecular weight is 243 g/mol. The van der Waals surface area contributed by atoms with Crippen LogP contribution < -0.4 is 5.73 Å². The maximum atomic E-state index is 5.53. The summed E-state index contributed by atoms with van der Waals surface area (Å²) in [6.45, 7) is 7.35. The summed E-state index contributed by atoms with van der Waals surface area (Å²) in [5, 5.41) is 0. The van der Waals surface area contributed by atoms with Crippen molar-refractivity contribution < 1.29 is 4.74 Å². The van der Waals surface area contributed by atoms with Crippen LogP contribution in [0.2, 0.25) is 0 Å². The molecular formula is C11H21N3OS. The molecule has 0 aromatic heterocycles. The third-order valence-electron chi connectivity index (χ3n) is 3.48. The number of hydrogen-bond donors (Lipinski definition) is 1. The molecule has 0 amide bonds. The van der Waals surface area contributed by atoms with Gasteiger partial charge in [0.25, 0.3) is 0 Å². The Hall–Kier alpha value is -0.230. The summed E-state index contributed by atoms with van der Waals surface area (Å²) in [6.07, 6.45) is 2.13. The van der Waals surface area contributed by atoms with E-state index >= 15 is 0 Å². The number of morpholine rings is 1. The Balaban J connectivity index is 1.72. The van der Waals surface area contributed by atoms with Crippen LogP contribution in [0.5, 0.6) is 0 Å². The molecule has 0 aromatic rings. The van der Waals surface area contributed by atoms with Crippen molar-refractivity contribution in [3.8, 4) is 0 Å². The molecule has 2 N–H and O–H groups in total.